The Morgan fingerprint density at radius 1 is 1.21 bits per heavy atom. The Bertz CT molecular complexity index is 495. The lowest BCUT2D eigenvalue weighted by Crippen LogP contribution is -2.46. The van der Waals surface area contributed by atoms with Gasteiger partial charge in [0.25, 0.3) is 0 Å². The van der Waals surface area contributed by atoms with Crippen molar-refractivity contribution in [3.05, 3.63) is 35.9 Å². The minimum Gasteiger partial charge on any atom is -0.292 e. The van der Waals surface area contributed by atoms with Crippen molar-refractivity contribution in [3.63, 3.8) is 0 Å². The van der Waals surface area contributed by atoms with E-state index in [4.69, 9.17) is 0 Å². The molecule has 0 unspecified atom stereocenters. The highest BCUT2D eigenvalue weighted by Gasteiger charge is 2.46. The molecule has 0 radical (unpaired) electrons. The fourth-order valence-electron chi connectivity index (χ4n) is 3.75. The molecule has 1 saturated carbocycles. The minimum absolute atomic E-state index is 0.117. The summed E-state index contributed by atoms with van der Waals surface area (Å²) in [5.74, 6) is 0.758. The number of nitrogens with one attached hydrogen (secondary N) is 1. The minimum atomic E-state index is 0.117. The van der Waals surface area contributed by atoms with Crippen LogP contribution in [0.3, 0.4) is 0 Å². The van der Waals surface area contributed by atoms with Crippen molar-refractivity contribution in [1.29, 1.82) is 0 Å². The second-order valence-corrected chi connectivity index (χ2v) is 8.22. The van der Waals surface area contributed by atoms with E-state index in [1.54, 1.807) is 0 Å². The molecule has 1 spiro atoms. The monoisotopic (exact) mass is 274 g/mol. The van der Waals surface area contributed by atoms with E-state index in [1.807, 2.05) is 11.8 Å². The predicted molar refractivity (Wildman–Crippen MR) is 83.2 cm³/mol. The van der Waals surface area contributed by atoms with Gasteiger partial charge in [0.05, 0.1) is 0 Å². The maximum absolute atomic E-state index is 4.61. The highest BCUT2D eigenvalue weighted by Crippen LogP contribution is 2.51. The Balaban J connectivity index is 1.80. The van der Waals surface area contributed by atoms with Gasteiger partial charge in [-0.15, -0.1) is 0 Å². The SMILES string of the molecule is C[C@H]1CC(C)(C)C[C@]2(C1)NN=C(c1ccccc1)S2. The van der Waals surface area contributed by atoms with Crippen LogP contribution >= 0.6 is 11.8 Å². The Kier molecular flexibility index (Phi) is 3.12. The number of thioether (sulfide) groups is 1. The van der Waals surface area contributed by atoms with Gasteiger partial charge >= 0.3 is 0 Å². The summed E-state index contributed by atoms with van der Waals surface area (Å²) in [5.41, 5.74) is 5.09. The quantitative estimate of drug-likeness (QED) is 0.829. The molecule has 1 heterocycles. The van der Waals surface area contributed by atoms with Gasteiger partial charge in [0, 0.05) is 5.56 Å². The second-order valence-electron chi connectivity index (χ2n) is 6.85. The lowest BCUT2D eigenvalue weighted by Gasteiger charge is -2.44. The molecule has 0 amide bonds. The number of benzene rings is 1. The second kappa shape index (κ2) is 4.55. The van der Waals surface area contributed by atoms with Gasteiger partial charge in [-0.2, -0.15) is 5.10 Å². The van der Waals surface area contributed by atoms with Crippen LogP contribution in [0.4, 0.5) is 0 Å². The van der Waals surface area contributed by atoms with Gasteiger partial charge in [0.15, 0.2) is 0 Å². The fraction of sp³-hybridized carbons (Fsp3) is 0.562. The molecule has 1 N–H and O–H groups in total. The first-order valence-electron chi connectivity index (χ1n) is 7.07. The number of hydrogen-bond donors (Lipinski definition) is 1. The fourth-order valence-corrected chi connectivity index (χ4v) is 5.38. The zero-order chi connectivity index (χ0) is 13.5. The van der Waals surface area contributed by atoms with Crippen LogP contribution < -0.4 is 5.43 Å². The average Bonchev–Trinajstić information content (AvgIpc) is 2.70. The van der Waals surface area contributed by atoms with Crippen molar-refractivity contribution in [2.24, 2.45) is 16.4 Å². The zero-order valence-corrected chi connectivity index (χ0v) is 12.8. The van der Waals surface area contributed by atoms with Crippen molar-refractivity contribution >= 4 is 16.8 Å². The van der Waals surface area contributed by atoms with E-state index in [9.17, 15) is 0 Å². The number of hydrazone groups is 1. The summed E-state index contributed by atoms with van der Waals surface area (Å²) in [6.45, 7) is 7.13. The van der Waals surface area contributed by atoms with Crippen LogP contribution in [0.15, 0.2) is 35.4 Å². The van der Waals surface area contributed by atoms with Crippen LogP contribution in [0.5, 0.6) is 0 Å². The molecule has 3 heteroatoms. The van der Waals surface area contributed by atoms with Crippen molar-refractivity contribution in [1.82, 2.24) is 5.43 Å². The molecule has 2 aliphatic rings. The van der Waals surface area contributed by atoms with Crippen molar-refractivity contribution < 1.29 is 0 Å². The normalized spacial score (nSPS) is 33.0. The van der Waals surface area contributed by atoms with E-state index >= 15 is 0 Å². The van der Waals surface area contributed by atoms with Gasteiger partial charge in [-0.3, -0.25) is 5.43 Å². The third kappa shape index (κ3) is 2.66. The van der Waals surface area contributed by atoms with E-state index in [1.165, 1.54) is 24.8 Å². The third-order valence-electron chi connectivity index (χ3n) is 4.02. The summed E-state index contributed by atoms with van der Waals surface area (Å²) < 4.78 is 0. The Morgan fingerprint density at radius 2 is 1.95 bits per heavy atom. The van der Waals surface area contributed by atoms with Crippen molar-refractivity contribution in [2.75, 3.05) is 0 Å². The summed E-state index contributed by atoms with van der Waals surface area (Å²) in [4.78, 5) is 0.117. The zero-order valence-electron chi connectivity index (χ0n) is 11.9. The average molecular weight is 274 g/mol. The lowest BCUT2D eigenvalue weighted by molar-refractivity contribution is 0.137. The van der Waals surface area contributed by atoms with Crippen LogP contribution in [-0.4, -0.2) is 9.91 Å². The molecular weight excluding hydrogens is 252 g/mol. The molecule has 0 aromatic heterocycles. The molecule has 1 aromatic carbocycles. The van der Waals surface area contributed by atoms with Gasteiger partial charge in [-0.25, -0.2) is 0 Å². The van der Waals surface area contributed by atoms with Crippen LogP contribution in [0.2, 0.25) is 0 Å². The number of rotatable bonds is 1. The van der Waals surface area contributed by atoms with Crippen molar-refractivity contribution in [3.8, 4) is 0 Å². The molecule has 2 nitrogen and oxygen atoms in total. The highest BCUT2D eigenvalue weighted by atomic mass is 32.2. The third-order valence-corrected chi connectivity index (χ3v) is 5.33. The summed E-state index contributed by atoms with van der Waals surface area (Å²) in [6, 6.07) is 10.5. The molecule has 1 aliphatic carbocycles. The Morgan fingerprint density at radius 3 is 2.63 bits per heavy atom. The largest absolute Gasteiger partial charge is 0.292 e. The van der Waals surface area contributed by atoms with Gasteiger partial charge in [-0.05, 0) is 30.6 Å². The summed E-state index contributed by atoms with van der Waals surface area (Å²) in [6.07, 6.45) is 3.72. The van der Waals surface area contributed by atoms with Crippen LogP contribution in [0.1, 0.15) is 45.6 Å². The molecular formula is C16H22N2S. The maximum Gasteiger partial charge on any atom is 0.126 e. The standard InChI is InChI=1S/C16H22N2S/c1-12-9-15(2,3)11-16(10-12)18-17-14(19-16)13-7-5-4-6-8-13/h4-8,12,18H,9-11H2,1-3H3/t12-,16+/m0/s1. The summed E-state index contributed by atoms with van der Waals surface area (Å²) in [5, 5.41) is 5.76. The van der Waals surface area contributed by atoms with Crippen LogP contribution in [0.25, 0.3) is 0 Å². The summed E-state index contributed by atoms with van der Waals surface area (Å²) >= 11 is 1.93. The molecule has 0 bridgehead atoms. The van der Waals surface area contributed by atoms with E-state index < -0.39 is 0 Å². The molecule has 3 rings (SSSR count). The van der Waals surface area contributed by atoms with E-state index in [0.29, 0.717) is 5.41 Å². The lowest BCUT2D eigenvalue weighted by atomic mass is 9.70. The van der Waals surface area contributed by atoms with Crippen LogP contribution in [0, 0.1) is 11.3 Å². The molecule has 1 aromatic rings. The molecule has 1 aliphatic heterocycles. The molecule has 2 atom stereocenters. The van der Waals surface area contributed by atoms with E-state index in [0.717, 1.165) is 11.0 Å². The summed E-state index contributed by atoms with van der Waals surface area (Å²) in [7, 11) is 0. The molecule has 0 saturated heterocycles. The van der Waals surface area contributed by atoms with E-state index in [-0.39, 0.29) is 4.87 Å². The van der Waals surface area contributed by atoms with Gasteiger partial charge in [0.2, 0.25) is 0 Å². The molecule has 102 valence electrons. The first kappa shape index (κ1) is 13.0. The van der Waals surface area contributed by atoms with Gasteiger partial charge < -0.3 is 0 Å². The molecule has 19 heavy (non-hydrogen) atoms. The number of nitrogens with zero attached hydrogens (tertiary/aromatic N) is 1. The van der Waals surface area contributed by atoms with E-state index in [2.05, 4.69) is 61.6 Å². The first-order valence-corrected chi connectivity index (χ1v) is 7.89. The Hall–Kier alpha value is -0.960. The molecule has 1 fully saturated rings. The van der Waals surface area contributed by atoms with Crippen molar-refractivity contribution in [2.45, 2.75) is 44.9 Å². The Labute approximate surface area is 120 Å². The van der Waals surface area contributed by atoms with Gasteiger partial charge in [0.1, 0.15) is 9.91 Å². The smallest absolute Gasteiger partial charge is 0.126 e. The predicted octanol–water partition coefficient (Wildman–Crippen LogP) is 4.23. The maximum atomic E-state index is 4.61. The highest BCUT2D eigenvalue weighted by molar-refractivity contribution is 8.15. The van der Waals surface area contributed by atoms with Crippen LogP contribution in [-0.2, 0) is 0 Å². The topological polar surface area (TPSA) is 24.4 Å². The first-order chi connectivity index (χ1) is 8.98. The number of hydrogen-bond acceptors (Lipinski definition) is 3. The van der Waals surface area contributed by atoms with Gasteiger partial charge in [-0.1, -0.05) is 62.9 Å².